The normalized spacial score (nSPS) is 12.5. The quantitative estimate of drug-likeness (QED) is 0.392. The number of nitrogens with two attached hydrogens (primary N) is 1. The third-order valence-corrected chi connectivity index (χ3v) is 8.07. The fourth-order valence-electron chi connectivity index (χ4n) is 3.17. The van der Waals surface area contributed by atoms with E-state index in [0.29, 0.717) is 29.9 Å². The van der Waals surface area contributed by atoms with E-state index in [-0.39, 0.29) is 11.8 Å². The van der Waals surface area contributed by atoms with Crippen LogP contribution >= 0.6 is 34.4 Å². The molecule has 0 unspecified atom stereocenters. The Morgan fingerprint density at radius 2 is 1.75 bits per heavy atom. The van der Waals surface area contributed by atoms with Gasteiger partial charge in [-0.3, -0.25) is 9.59 Å². The van der Waals surface area contributed by atoms with E-state index in [2.05, 4.69) is 20.6 Å². The standard InChI is InChI=1S/C22H17N5O2S3/c23-8-13-9-25-21(30-13)22-26-11-14(31-22)10-24-19(28)12-5-6-18-16(7-12)27-20(29)15-3-1-2-4-17(15)32-18/h1-7,9,11H,8,10,23H2,(H,24,28)(H,27,29). The van der Waals surface area contributed by atoms with Gasteiger partial charge in [-0.1, -0.05) is 23.9 Å². The van der Waals surface area contributed by atoms with Crippen molar-refractivity contribution in [2.45, 2.75) is 22.9 Å². The van der Waals surface area contributed by atoms with Crippen LogP contribution in [-0.4, -0.2) is 21.8 Å². The van der Waals surface area contributed by atoms with Crippen molar-refractivity contribution in [2.24, 2.45) is 5.73 Å². The van der Waals surface area contributed by atoms with Crippen LogP contribution in [0.3, 0.4) is 0 Å². The fraction of sp³-hybridized carbons (Fsp3) is 0.0909. The van der Waals surface area contributed by atoms with Crippen LogP contribution in [0.5, 0.6) is 0 Å². The summed E-state index contributed by atoms with van der Waals surface area (Å²) in [4.78, 5) is 37.8. The number of thiazole rings is 2. The average Bonchev–Trinajstić information content (AvgIpc) is 3.45. The highest BCUT2D eigenvalue weighted by Crippen LogP contribution is 2.39. The van der Waals surface area contributed by atoms with Gasteiger partial charge in [0.05, 0.1) is 17.8 Å². The first-order valence-corrected chi connectivity index (χ1v) is 12.2. The van der Waals surface area contributed by atoms with Gasteiger partial charge in [-0.2, -0.15) is 0 Å². The molecule has 4 aromatic rings. The van der Waals surface area contributed by atoms with E-state index in [4.69, 9.17) is 5.73 Å². The van der Waals surface area contributed by atoms with Gasteiger partial charge >= 0.3 is 0 Å². The van der Waals surface area contributed by atoms with Gasteiger partial charge in [-0.25, -0.2) is 9.97 Å². The molecule has 0 saturated carbocycles. The third-order valence-electron chi connectivity index (χ3n) is 4.76. The molecule has 4 N–H and O–H groups in total. The molecule has 0 spiro atoms. The van der Waals surface area contributed by atoms with Crippen LogP contribution in [0.25, 0.3) is 10.0 Å². The van der Waals surface area contributed by atoms with Crippen LogP contribution in [0, 0.1) is 0 Å². The average molecular weight is 480 g/mol. The lowest BCUT2D eigenvalue weighted by Gasteiger charge is -2.09. The predicted molar refractivity (Wildman–Crippen MR) is 127 cm³/mol. The molecule has 2 aromatic carbocycles. The van der Waals surface area contributed by atoms with Crippen molar-refractivity contribution in [3.8, 4) is 10.0 Å². The lowest BCUT2D eigenvalue weighted by atomic mass is 10.1. The fourth-order valence-corrected chi connectivity index (χ4v) is 5.85. The largest absolute Gasteiger partial charge is 0.347 e. The van der Waals surface area contributed by atoms with Crippen LogP contribution in [0.15, 0.2) is 64.6 Å². The second kappa shape index (κ2) is 8.83. The van der Waals surface area contributed by atoms with Crippen molar-refractivity contribution >= 4 is 51.9 Å². The molecule has 0 aliphatic carbocycles. The summed E-state index contributed by atoms with van der Waals surface area (Å²) >= 11 is 4.51. The van der Waals surface area contributed by atoms with E-state index in [0.717, 1.165) is 29.6 Å². The molecule has 0 fully saturated rings. The van der Waals surface area contributed by atoms with Gasteiger partial charge in [0.2, 0.25) is 0 Å². The number of amides is 2. The number of fused-ring (bicyclic) bond motifs is 2. The molecule has 2 amide bonds. The Morgan fingerprint density at radius 3 is 2.53 bits per heavy atom. The number of carbonyl (C=O) groups is 2. The molecule has 0 radical (unpaired) electrons. The minimum absolute atomic E-state index is 0.179. The minimum Gasteiger partial charge on any atom is -0.347 e. The number of aromatic nitrogens is 2. The summed E-state index contributed by atoms with van der Waals surface area (Å²) in [6.45, 7) is 0.813. The van der Waals surface area contributed by atoms with Gasteiger partial charge in [0.1, 0.15) is 0 Å². The Kier molecular flexibility index (Phi) is 5.75. The molecule has 7 nitrogen and oxygen atoms in total. The Bertz CT molecular complexity index is 1330. The third kappa shape index (κ3) is 4.17. The SMILES string of the molecule is NCc1cnc(-c2ncc(CNC(=O)c3ccc4c(c3)NC(=O)c3ccccc3S4)s2)s1. The van der Waals surface area contributed by atoms with Crippen LogP contribution < -0.4 is 16.4 Å². The van der Waals surface area contributed by atoms with Gasteiger partial charge in [-0.05, 0) is 30.3 Å². The minimum atomic E-state index is -0.219. The van der Waals surface area contributed by atoms with Gasteiger partial charge in [0.25, 0.3) is 11.8 Å². The molecule has 3 heterocycles. The summed E-state index contributed by atoms with van der Waals surface area (Å²) in [6, 6.07) is 12.8. The number of benzene rings is 2. The summed E-state index contributed by atoms with van der Waals surface area (Å²) in [5.74, 6) is -0.398. The summed E-state index contributed by atoms with van der Waals surface area (Å²) in [5.41, 5.74) is 7.38. The van der Waals surface area contributed by atoms with Gasteiger partial charge < -0.3 is 16.4 Å². The molecule has 0 saturated heterocycles. The number of hydrogen-bond donors (Lipinski definition) is 3. The van der Waals surface area contributed by atoms with E-state index >= 15 is 0 Å². The molecule has 10 heteroatoms. The van der Waals surface area contributed by atoms with Gasteiger partial charge in [0.15, 0.2) is 10.0 Å². The molecular weight excluding hydrogens is 462 g/mol. The summed E-state index contributed by atoms with van der Waals surface area (Å²) in [7, 11) is 0. The smallest absolute Gasteiger partial charge is 0.256 e. The molecule has 1 aliphatic rings. The maximum absolute atomic E-state index is 12.7. The first-order valence-electron chi connectivity index (χ1n) is 9.71. The van der Waals surface area contributed by atoms with Gasteiger partial charge in [0, 0.05) is 44.0 Å². The van der Waals surface area contributed by atoms with Crippen LogP contribution in [0.4, 0.5) is 5.69 Å². The Hall–Kier alpha value is -3.05. The first-order chi connectivity index (χ1) is 15.6. The van der Waals surface area contributed by atoms with E-state index in [9.17, 15) is 9.59 Å². The lowest BCUT2D eigenvalue weighted by molar-refractivity contribution is 0.0949. The highest BCUT2D eigenvalue weighted by Gasteiger charge is 2.20. The Morgan fingerprint density at radius 1 is 1.00 bits per heavy atom. The molecule has 5 rings (SSSR count). The van der Waals surface area contributed by atoms with Crippen LogP contribution in [0.1, 0.15) is 30.5 Å². The van der Waals surface area contributed by atoms with Crippen LogP contribution in [-0.2, 0) is 13.1 Å². The topological polar surface area (TPSA) is 110 Å². The molecular formula is C22H17N5O2S3. The predicted octanol–water partition coefficient (Wildman–Crippen LogP) is 4.37. The molecule has 32 heavy (non-hydrogen) atoms. The molecule has 0 atom stereocenters. The number of anilines is 1. The van der Waals surface area contributed by atoms with E-state index in [1.165, 1.54) is 34.4 Å². The number of carbonyl (C=O) groups excluding carboxylic acids is 2. The van der Waals surface area contributed by atoms with Gasteiger partial charge in [-0.15, -0.1) is 22.7 Å². The second-order valence-electron chi connectivity index (χ2n) is 6.91. The van der Waals surface area contributed by atoms with Crippen molar-refractivity contribution in [3.63, 3.8) is 0 Å². The van der Waals surface area contributed by atoms with E-state index in [1.54, 1.807) is 30.6 Å². The zero-order valence-electron chi connectivity index (χ0n) is 16.6. The van der Waals surface area contributed by atoms with E-state index < -0.39 is 0 Å². The molecule has 160 valence electrons. The highest BCUT2D eigenvalue weighted by atomic mass is 32.2. The monoisotopic (exact) mass is 479 g/mol. The molecule has 2 aromatic heterocycles. The van der Waals surface area contributed by atoms with Crippen molar-refractivity contribution in [2.75, 3.05) is 5.32 Å². The number of hydrogen-bond acceptors (Lipinski definition) is 8. The second-order valence-corrected chi connectivity index (χ2v) is 10.2. The molecule has 0 bridgehead atoms. The Labute approximate surface area is 196 Å². The van der Waals surface area contributed by atoms with Crippen LogP contribution in [0.2, 0.25) is 0 Å². The highest BCUT2D eigenvalue weighted by molar-refractivity contribution is 7.99. The van der Waals surface area contributed by atoms with E-state index in [1.807, 2.05) is 24.3 Å². The summed E-state index contributed by atoms with van der Waals surface area (Å²) < 4.78 is 0. The Balaban J connectivity index is 1.28. The van der Waals surface area contributed by atoms with Crippen molar-refractivity contribution in [1.82, 2.24) is 15.3 Å². The maximum Gasteiger partial charge on any atom is 0.256 e. The summed E-state index contributed by atoms with van der Waals surface area (Å²) in [5, 5.41) is 7.47. The first kappa shape index (κ1) is 20.8. The number of rotatable bonds is 5. The van der Waals surface area contributed by atoms with Crippen molar-refractivity contribution < 1.29 is 9.59 Å². The zero-order chi connectivity index (χ0) is 22.1. The lowest BCUT2D eigenvalue weighted by Crippen LogP contribution is -2.22. The maximum atomic E-state index is 12.7. The number of nitrogens with one attached hydrogen (secondary N) is 2. The molecule has 1 aliphatic heterocycles. The summed E-state index contributed by atoms with van der Waals surface area (Å²) in [6.07, 6.45) is 3.51. The number of nitrogens with zero attached hydrogens (tertiary/aromatic N) is 2. The van der Waals surface area contributed by atoms with Crippen molar-refractivity contribution in [3.05, 3.63) is 75.7 Å². The van der Waals surface area contributed by atoms with Crippen molar-refractivity contribution in [1.29, 1.82) is 0 Å². The zero-order valence-corrected chi connectivity index (χ0v) is 19.1.